The van der Waals surface area contributed by atoms with E-state index < -0.39 is 5.97 Å². The van der Waals surface area contributed by atoms with Crippen LogP contribution < -0.4 is 5.56 Å². The van der Waals surface area contributed by atoms with Crippen LogP contribution in [0.5, 0.6) is 5.75 Å². The Morgan fingerprint density at radius 3 is 2.70 bits per heavy atom. The molecule has 0 saturated carbocycles. The monoisotopic (exact) mass is 339 g/mol. The molecule has 2 heterocycles. The summed E-state index contributed by atoms with van der Waals surface area (Å²) in [5, 5.41) is 10.1. The van der Waals surface area contributed by atoms with Crippen LogP contribution in [0.3, 0.4) is 0 Å². The van der Waals surface area contributed by atoms with E-state index in [1.165, 1.54) is 11.3 Å². The Morgan fingerprint density at radius 1 is 1.45 bits per heavy atom. The van der Waals surface area contributed by atoms with Gasteiger partial charge in [0.05, 0.1) is 17.7 Å². The normalized spacial score (nSPS) is 10.8. The zero-order valence-corrected chi connectivity index (χ0v) is 12.9. The van der Waals surface area contributed by atoms with Crippen LogP contribution >= 0.6 is 15.9 Å². The number of halogens is 1. The minimum Gasteiger partial charge on any atom is -0.506 e. The number of hydrogen-bond donors (Lipinski definition) is 1. The molecule has 0 unspecified atom stereocenters. The third-order valence-electron chi connectivity index (χ3n) is 3.00. The average Bonchev–Trinajstić information content (AvgIpc) is 2.38. The Labute approximate surface area is 123 Å². The maximum atomic E-state index is 12.2. The fraction of sp³-hybridized carbons (Fsp3) is 0.286. The van der Waals surface area contributed by atoms with Gasteiger partial charge in [0.25, 0.3) is 5.56 Å². The fourth-order valence-electron chi connectivity index (χ4n) is 2.07. The molecule has 0 radical (unpaired) electrons. The predicted octanol–water partition coefficient (Wildman–Crippen LogP) is 2.56. The largest absolute Gasteiger partial charge is 0.506 e. The van der Waals surface area contributed by atoms with Crippen LogP contribution in [-0.4, -0.2) is 22.1 Å². The molecule has 6 heteroatoms. The van der Waals surface area contributed by atoms with Crippen molar-refractivity contribution in [2.75, 3.05) is 6.61 Å². The zero-order chi connectivity index (χ0) is 15.0. The molecule has 2 rings (SSSR count). The van der Waals surface area contributed by atoms with E-state index in [0.717, 1.165) is 5.56 Å². The molecule has 0 fully saturated rings. The van der Waals surface area contributed by atoms with Gasteiger partial charge in [-0.3, -0.25) is 9.20 Å². The van der Waals surface area contributed by atoms with Gasteiger partial charge in [0.15, 0.2) is 0 Å². The van der Waals surface area contributed by atoms with E-state index >= 15 is 0 Å². The van der Waals surface area contributed by atoms with Gasteiger partial charge in [-0.25, -0.2) is 4.79 Å². The van der Waals surface area contributed by atoms with Crippen LogP contribution in [0.25, 0.3) is 5.52 Å². The summed E-state index contributed by atoms with van der Waals surface area (Å²) < 4.78 is 6.86. The van der Waals surface area contributed by atoms with Crippen molar-refractivity contribution in [3.63, 3.8) is 0 Å². The molecule has 5 nitrogen and oxygen atoms in total. The van der Waals surface area contributed by atoms with Gasteiger partial charge in [-0.2, -0.15) is 0 Å². The Morgan fingerprint density at radius 2 is 2.10 bits per heavy atom. The van der Waals surface area contributed by atoms with E-state index in [2.05, 4.69) is 15.9 Å². The molecule has 1 N–H and O–H groups in total. The van der Waals surface area contributed by atoms with E-state index in [0.29, 0.717) is 9.99 Å². The first-order chi connectivity index (χ1) is 9.38. The number of hydrogen-bond acceptors (Lipinski definition) is 4. The van der Waals surface area contributed by atoms with E-state index in [-0.39, 0.29) is 29.0 Å². The van der Waals surface area contributed by atoms with Crippen molar-refractivity contribution in [2.24, 2.45) is 0 Å². The Kier molecular flexibility index (Phi) is 3.85. The minimum absolute atomic E-state index is 0.00387. The van der Waals surface area contributed by atoms with Crippen molar-refractivity contribution >= 4 is 27.4 Å². The van der Waals surface area contributed by atoms with Gasteiger partial charge >= 0.3 is 5.97 Å². The Balaban J connectivity index is 3.00. The van der Waals surface area contributed by atoms with Gasteiger partial charge in [-0.05, 0) is 48.3 Å². The first-order valence-corrected chi connectivity index (χ1v) is 6.89. The number of carbonyl (C=O) groups is 1. The topological polar surface area (TPSA) is 68.0 Å². The van der Waals surface area contributed by atoms with Gasteiger partial charge in [0.2, 0.25) is 0 Å². The van der Waals surface area contributed by atoms with Gasteiger partial charge in [-0.1, -0.05) is 0 Å². The summed E-state index contributed by atoms with van der Waals surface area (Å²) in [6.45, 7) is 5.18. The summed E-state index contributed by atoms with van der Waals surface area (Å²) in [5.74, 6) is -0.992. The molecule has 0 aliphatic rings. The lowest BCUT2D eigenvalue weighted by atomic mass is 10.1. The number of aromatic hydroxyl groups is 1. The summed E-state index contributed by atoms with van der Waals surface area (Å²) in [6, 6.07) is 1.77. The molecule has 20 heavy (non-hydrogen) atoms. The third kappa shape index (κ3) is 2.20. The third-order valence-corrected chi connectivity index (χ3v) is 3.61. The molecule has 0 atom stereocenters. The van der Waals surface area contributed by atoms with Gasteiger partial charge in [0, 0.05) is 10.7 Å². The highest BCUT2D eigenvalue weighted by Crippen LogP contribution is 2.30. The van der Waals surface area contributed by atoms with Crippen molar-refractivity contribution < 1.29 is 14.6 Å². The Hall–Kier alpha value is -1.82. The van der Waals surface area contributed by atoms with E-state index in [1.54, 1.807) is 19.2 Å². The molecule has 0 aromatic carbocycles. The van der Waals surface area contributed by atoms with Gasteiger partial charge in [0.1, 0.15) is 11.3 Å². The lowest BCUT2D eigenvalue weighted by Crippen LogP contribution is -2.21. The highest BCUT2D eigenvalue weighted by molar-refractivity contribution is 9.10. The van der Waals surface area contributed by atoms with Gasteiger partial charge < -0.3 is 9.84 Å². The second-order valence-corrected chi connectivity index (χ2v) is 5.31. The van der Waals surface area contributed by atoms with Crippen molar-refractivity contribution in [3.8, 4) is 5.75 Å². The highest BCUT2D eigenvalue weighted by atomic mass is 79.9. The van der Waals surface area contributed by atoms with Crippen LogP contribution in [0.4, 0.5) is 0 Å². The smallest absolute Gasteiger partial charge is 0.344 e. The summed E-state index contributed by atoms with van der Waals surface area (Å²) in [6.07, 6.45) is 1.62. The number of rotatable bonds is 2. The van der Waals surface area contributed by atoms with Crippen LogP contribution in [0.2, 0.25) is 0 Å². The SMILES string of the molecule is CCOC(=O)c1c(O)c(C)c(=O)n2cc(C)cc(Br)c12. The van der Waals surface area contributed by atoms with Crippen LogP contribution in [-0.2, 0) is 4.74 Å². The summed E-state index contributed by atoms with van der Waals surface area (Å²) in [5.41, 5.74) is 0.905. The lowest BCUT2D eigenvalue weighted by Gasteiger charge is -2.13. The number of aromatic nitrogens is 1. The first-order valence-electron chi connectivity index (χ1n) is 6.09. The molecular formula is C14H14BrNO4. The van der Waals surface area contributed by atoms with Crippen LogP contribution in [0.15, 0.2) is 21.5 Å². The Bertz CT molecular complexity index is 764. The number of ether oxygens (including phenoxy) is 1. The highest BCUT2D eigenvalue weighted by Gasteiger charge is 2.23. The number of aryl methyl sites for hydroxylation is 1. The number of pyridine rings is 2. The maximum Gasteiger partial charge on any atom is 0.344 e. The van der Waals surface area contributed by atoms with Crippen LogP contribution in [0, 0.1) is 13.8 Å². The number of carbonyl (C=O) groups excluding carboxylic acids is 1. The quantitative estimate of drug-likeness (QED) is 0.854. The predicted molar refractivity (Wildman–Crippen MR) is 78.5 cm³/mol. The summed E-state index contributed by atoms with van der Waals surface area (Å²) in [4.78, 5) is 24.3. The lowest BCUT2D eigenvalue weighted by molar-refractivity contribution is 0.0524. The van der Waals surface area contributed by atoms with Gasteiger partial charge in [-0.15, -0.1) is 0 Å². The summed E-state index contributed by atoms with van der Waals surface area (Å²) >= 11 is 3.33. The molecule has 2 aromatic rings. The molecule has 106 valence electrons. The average molecular weight is 340 g/mol. The molecule has 0 aliphatic heterocycles. The van der Waals surface area contributed by atoms with Crippen molar-refractivity contribution in [1.29, 1.82) is 0 Å². The minimum atomic E-state index is -0.657. The molecule has 0 saturated heterocycles. The zero-order valence-electron chi connectivity index (χ0n) is 11.4. The van der Waals surface area contributed by atoms with Crippen molar-refractivity contribution in [1.82, 2.24) is 4.40 Å². The van der Waals surface area contributed by atoms with Crippen molar-refractivity contribution in [2.45, 2.75) is 20.8 Å². The second kappa shape index (κ2) is 5.28. The van der Waals surface area contributed by atoms with E-state index in [4.69, 9.17) is 4.74 Å². The fourth-order valence-corrected chi connectivity index (χ4v) is 2.82. The van der Waals surface area contributed by atoms with E-state index in [9.17, 15) is 14.7 Å². The van der Waals surface area contributed by atoms with Crippen LogP contribution in [0.1, 0.15) is 28.4 Å². The summed E-state index contributed by atoms with van der Waals surface area (Å²) in [7, 11) is 0. The maximum absolute atomic E-state index is 12.2. The second-order valence-electron chi connectivity index (χ2n) is 4.46. The molecule has 0 bridgehead atoms. The molecule has 0 aliphatic carbocycles. The molecule has 0 spiro atoms. The molecular weight excluding hydrogens is 326 g/mol. The number of esters is 1. The first kappa shape index (κ1) is 14.6. The molecule has 2 aromatic heterocycles. The van der Waals surface area contributed by atoms with E-state index in [1.807, 2.05) is 6.92 Å². The number of fused-ring (bicyclic) bond motifs is 1. The standard InChI is InChI=1S/C14H14BrNO4/c1-4-20-14(19)10-11-9(15)5-7(2)6-16(11)13(18)8(3)12(10)17/h5-6,17H,4H2,1-3H3. The molecule has 0 amide bonds. The number of nitrogens with zero attached hydrogens (tertiary/aromatic N) is 1. The van der Waals surface area contributed by atoms with Crippen molar-refractivity contribution in [3.05, 3.63) is 43.8 Å².